The Bertz CT molecular complexity index is 714. The van der Waals surface area contributed by atoms with E-state index in [9.17, 15) is 4.39 Å². The van der Waals surface area contributed by atoms with Crippen LogP contribution < -0.4 is 14.8 Å². The molecular weight excluding hydrogens is 295 g/mol. The predicted molar refractivity (Wildman–Crippen MR) is 79.0 cm³/mol. The van der Waals surface area contributed by atoms with E-state index in [1.807, 2.05) is 6.07 Å². The molecule has 2 aromatic rings. The maximum atomic E-state index is 13.1. The van der Waals surface area contributed by atoms with E-state index in [1.54, 1.807) is 12.1 Å². The van der Waals surface area contributed by atoms with Crippen molar-refractivity contribution in [3.05, 3.63) is 46.7 Å². The minimum absolute atomic E-state index is 0.184. The van der Waals surface area contributed by atoms with Crippen LogP contribution in [0.25, 0.3) is 0 Å². The van der Waals surface area contributed by atoms with Crippen LogP contribution in [0.4, 0.5) is 15.8 Å². The molecular formula is C15H12ClFN2O2. The minimum atomic E-state index is -0.475. The highest BCUT2D eigenvalue weighted by atomic mass is 35.5. The van der Waals surface area contributed by atoms with Crippen LogP contribution in [0.2, 0.25) is 5.02 Å². The SMILES string of the molecule is COc1cc(OC)c(Nc2ccc(F)cc2C#N)cc1Cl. The van der Waals surface area contributed by atoms with Crippen molar-refractivity contribution in [2.45, 2.75) is 0 Å². The third-order valence-corrected chi connectivity index (χ3v) is 3.14. The van der Waals surface area contributed by atoms with E-state index in [2.05, 4.69) is 5.32 Å². The number of hydrogen-bond donors (Lipinski definition) is 1. The summed E-state index contributed by atoms with van der Waals surface area (Å²) in [7, 11) is 3.01. The summed E-state index contributed by atoms with van der Waals surface area (Å²) in [6, 6.07) is 9.07. The van der Waals surface area contributed by atoms with Gasteiger partial charge < -0.3 is 14.8 Å². The molecule has 0 aliphatic carbocycles. The zero-order valence-electron chi connectivity index (χ0n) is 11.4. The number of halogens is 2. The van der Waals surface area contributed by atoms with Crippen molar-refractivity contribution in [3.63, 3.8) is 0 Å². The van der Waals surface area contributed by atoms with E-state index in [1.165, 1.54) is 26.4 Å². The summed E-state index contributed by atoms with van der Waals surface area (Å²) >= 11 is 6.08. The summed E-state index contributed by atoms with van der Waals surface area (Å²) < 4.78 is 23.5. The standard InChI is InChI=1S/C15H12ClFN2O2/c1-20-14-7-15(21-2)13(6-11(14)16)19-12-4-3-10(17)5-9(12)8-18/h3-7,19H,1-2H3. The van der Waals surface area contributed by atoms with Crippen molar-refractivity contribution in [1.29, 1.82) is 5.26 Å². The van der Waals surface area contributed by atoms with Gasteiger partial charge in [0.2, 0.25) is 0 Å². The average Bonchev–Trinajstić information content (AvgIpc) is 2.49. The molecule has 0 radical (unpaired) electrons. The van der Waals surface area contributed by atoms with Crippen LogP contribution in [0.1, 0.15) is 5.56 Å². The van der Waals surface area contributed by atoms with Gasteiger partial charge in [-0.25, -0.2) is 4.39 Å². The molecule has 0 atom stereocenters. The first kappa shape index (κ1) is 14.9. The average molecular weight is 307 g/mol. The number of benzene rings is 2. The Labute approximate surface area is 126 Å². The van der Waals surface area contributed by atoms with Gasteiger partial charge in [0.1, 0.15) is 23.4 Å². The van der Waals surface area contributed by atoms with Gasteiger partial charge >= 0.3 is 0 Å². The molecule has 0 unspecified atom stereocenters. The summed E-state index contributed by atoms with van der Waals surface area (Å²) in [4.78, 5) is 0. The summed E-state index contributed by atoms with van der Waals surface area (Å²) in [5.41, 5.74) is 1.19. The van der Waals surface area contributed by atoms with Gasteiger partial charge in [-0.2, -0.15) is 5.26 Å². The number of hydrogen-bond acceptors (Lipinski definition) is 4. The van der Waals surface area contributed by atoms with Crippen molar-refractivity contribution in [2.24, 2.45) is 0 Å². The lowest BCUT2D eigenvalue weighted by Gasteiger charge is -2.14. The van der Waals surface area contributed by atoms with Crippen LogP contribution in [0.5, 0.6) is 11.5 Å². The van der Waals surface area contributed by atoms with Gasteiger partial charge in [-0.05, 0) is 24.3 Å². The Balaban J connectivity index is 2.44. The van der Waals surface area contributed by atoms with Crippen LogP contribution in [0, 0.1) is 17.1 Å². The number of rotatable bonds is 4. The molecule has 0 aliphatic heterocycles. The van der Waals surface area contributed by atoms with Gasteiger partial charge in [-0.3, -0.25) is 0 Å². The molecule has 0 amide bonds. The fraction of sp³-hybridized carbons (Fsp3) is 0.133. The Hall–Kier alpha value is -2.45. The van der Waals surface area contributed by atoms with E-state index in [4.69, 9.17) is 26.3 Å². The quantitative estimate of drug-likeness (QED) is 0.923. The largest absolute Gasteiger partial charge is 0.495 e. The zero-order valence-corrected chi connectivity index (χ0v) is 12.2. The molecule has 6 heteroatoms. The molecule has 2 aromatic carbocycles. The van der Waals surface area contributed by atoms with Gasteiger partial charge in [0.05, 0.1) is 36.2 Å². The molecule has 0 saturated heterocycles. The summed E-state index contributed by atoms with van der Waals surface area (Å²) in [5, 5.41) is 12.4. The van der Waals surface area contributed by atoms with Crippen LogP contribution in [-0.4, -0.2) is 14.2 Å². The predicted octanol–water partition coefficient (Wildman–Crippen LogP) is 4.11. The van der Waals surface area contributed by atoms with Crippen molar-refractivity contribution >= 4 is 23.0 Å². The van der Waals surface area contributed by atoms with E-state index in [0.717, 1.165) is 6.07 Å². The van der Waals surface area contributed by atoms with Crippen LogP contribution in [0.15, 0.2) is 30.3 Å². The number of ether oxygens (including phenoxy) is 2. The van der Waals surface area contributed by atoms with Gasteiger partial charge in [-0.1, -0.05) is 11.6 Å². The second-order valence-electron chi connectivity index (χ2n) is 4.11. The zero-order chi connectivity index (χ0) is 15.4. The first-order chi connectivity index (χ1) is 10.1. The third-order valence-electron chi connectivity index (χ3n) is 2.85. The Morgan fingerprint density at radius 2 is 1.81 bits per heavy atom. The van der Waals surface area contributed by atoms with E-state index < -0.39 is 5.82 Å². The second kappa shape index (κ2) is 6.33. The van der Waals surface area contributed by atoms with Crippen LogP contribution in [0.3, 0.4) is 0 Å². The van der Waals surface area contributed by atoms with Crippen molar-refractivity contribution in [2.75, 3.05) is 19.5 Å². The van der Waals surface area contributed by atoms with Gasteiger partial charge in [0.15, 0.2) is 0 Å². The lowest BCUT2D eigenvalue weighted by Crippen LogP contribution is -1.98. The molecule has 0 aliphatic rings. The lowest BCUT2D eigenvalue weighted by atomic mass is 10.1. The number of nitriles is 1. The minimum Gasteiger partial charge on any atom is -0.495 e. The van der Waals surface area contributed by atoms with Crippen molar-refractivity contribution < 1.29 is 13.9 Å². The Morgan fingerprint density at radius 3 is 2.43 bits per heavy atom. The third kappa shape index (κ3) is 3.18. The molecule has 0 fully saturated rings. The number of nitrogens with one attached hydrogen (secondary N) is 1. The highest BCUT2D eigenvalue weighted by Gasteiger charge is 2.12. The van der Waals surface area contributed by atoms with Crippen LogP contribution in [-0.2, 0) is 0 Å². The molecule has 0 bridgehead atoms. The molecule has 108 valence electrons. The monoisotopic (exact) mass is 306 g/mol. The first-order valence-electron chi connectivity index (χ1n) is 5.97. The fourth-order valence-electron chi connectivity index (χ4n) is 1.82. The Kier molecular flexibility index (Phi) is 4.51. The lowest BCUT2D eigenvalue weighted by molar-refractivity contribution is 0.396. The van der Waals surface area contributed by atoms with Gasteiger partial charge in [-0.15, -0.1) is 0 Å². The number of anilines is 2. The first-order valence-corrected chi connectivity index (χ1v) is 6.35. The molecule has 2 rings (SSSR count). The molecule has 21 heavy (non-hydrogen) atoms. The van der Waals surface area contributed by atoms with E-state index >= 15 is 0 Å². The molecule has 0 heterocycles. The van der Waals surface area contributed by atoms with Crippen molar-refractivity contribution in [1.82, 2.24) is 0 Å². The maximum absolute atomic E-state index is 13.1. The van der Waals surface area contributed by atoms with Gasteiger partial charge in [0.25, 0.3) is 0 Å². The molecule has 0 aromatic heterocycles. The Morgan fingerprint density at radius 1 is 1.10 bits per heavy atom. The molecule has 0 spiro atoms. The van der Waals surface area contributed by atoms with E-state index in [0.29, 0.717) is 27.9 Å². The summed E-state index contributed by atoms with van der Waals surface area (Å²) in [5.74, 6) is 0.486. The second-order valence-corrected chi connectivity index (χ2v) is 4.52. The summed E-state index contributed by atoms with van der Waals surface area (Å²) in [6.07, 6.45) is 0. The number of methoxy groups -OCH3 is 2. The highest BCUT2D eigenvalue weighted by molar-refractivity contribution is 6.32. The smallest absolute Gasteiger partial charge is 0.146 e. The fourth-order valence-corrected chi connectivity index (χ4v) is 2.06. The van der Waals surface area contributed by atoms with Crippen LogP contribution >= 0.6 is 11.6 Å². The molecule has 1 N–H and O–H groups in total. The van der Waals surface area contributed by atoms with Gasteiger partial charge in [0, 0.05) is 6.07 Å². The summed E-state index contributed by atoms with van der Waals surface area (Å²) in [6.45, 7) is 0. The highest BCUT2D eigenvalue weighted by Crippen LogP contribution is 2.37. The molecule has 4 nitrogen and oxygen atoms in total. The normalized spacial score (nSPS) is 9.86. The maximum Gasteiger partial charge on any atom is 0.146 e. The topological polar surface area (TPSA) is 54.3 Å². The number of nitrogens with zero attached hydrogens (tertiary/aromatic N) is 1. The van der Waals surface area contributed by atoms with Crippen molar-refractivity contribution in [3.8, 4) is 17.6 Å². The van der Waals surface area contributed by atoms with E-state index in [-0.39, 0.29) is 5.56 Å². The molecule has 0 saturated carbocycles.